The molecule has 2 rings (SSSR count). The van der Waals surface area contributed by atoms with Crippen LogP contribution in [0.25, 0.3) is 0 Å². The van der Waals surface area contributed by atoms with Crippen LogP contribution in [0.3, 0.4) is 0 Å². The van der Waals surface area contributed by atoms with E-state index in [0.29, 0.717) is 11.3 Å². The third-order valence-electron chi connectivity index (χ3n) is 2.32. The average Bonchev–Trinajstić information content (AvgIpc) is 2.72. The normalized spacial score (nSPS) is 10.4. The van der Waals surface area contributed by atoms with Gasteiger partial charge < -0.3 is 9.67 Å². The number of hydrogen-bond acceptors (Lipinski definition) is 3. The first kappa shape index (κ1) is 11.7. The molecule has 88 valence electrons. The summed E-state index contributed by atoms with van der Waals surface area (Å²) in [6, 6.07) is 6.97. The molecule has 0 amide bonds. The van der Waals surface area contributed by atoms with E-state index in [1.54, 1.807) is 36.2 Å². The number of hydrogen-bond donors (Lipinski definition) is 1. The Hall–Kier alpha value is -1.75. The van der Waals surface area contributed by atoms with Crippen LogP contribution in [-0.2, 0) is 12.8 Å². The summed E-state index contributed by atoms with van der Waals surface area (Å²) < 4.78 is 1.94. The van der Waals surface area contributed by atoms with Gasteiger partial charge in [0.25, 0.3) is 0 Å². The number of aryl methyl sites for hydroxylation is 1. The first-order chi connectivity index (χ1) is 8.16. The molecule has 1 N–H and O–H groups in total. The van der Waals surface area contributed by atoms with Gasteiger partial charge in [-0.15, -0.1) is 0 Å². The fourth-order valence-corrected chi connectivity index (χ4v) is 2.31. The average molecular weight is 248 g/mol. The molecule has 0 radical (unpaired) electrons. The van der Waals surface area contributed by atoms with Crippen molar-refractivity contribution in [2.75, 3.05) is 0 Å². The van der Waals surface area contributed by atoms with E-state index in [0.717, 1.165) is 10.7 Å². The smallest absolute Gasteiger partial charge is 0.335 e. The Morgan fingerprint density at radius 1 is 1.53 bits per heavy atom. The number of carboxylic acids is 1. The van der Waals surface area contributed by atoms with Crippen molar-refractivity contribution in [3.8, 4) is 0 Å². The molecule has 0 saturated heterocycles. The summed E-state index contributed by atoms with van der Waals surface area (Å²) in [6.45, 7) is 0. The molecule has 0 aliphatic carbocycles. The molecule has 0 aliphatic heterocycles. The molecular weight excluding hydrogens is 236 g/mol. The highest BCUT2D eigenvalue weighted by atomic mass is 32.2. The van der Waals surface area contributed by atoms with Crippen LogP contribution >= 0.6 is 11.8 Å². The van der Waals surface area contributed by atoms with Crippen LogP contribution in [0, 0.1) is 0 Å². The summed E-state index contributed by atoms with van der Waals surface area (Å²) in [6.07, 6.45) is 3.63. The first-order valence-electron chi connectivity index (χ1n) is 5.09. The van der Waals surface area contributed by atoms with E-state index < -0.39 is 5.97 Å². The second-order valence-electron chi connectivity index (χ2n) is 3.61. The summed E-state index contributed by atoms with van der Waals surface area (Å²) in [4.78, 5) is 15.0. The Balaban J connectivity index is 2.07. The van der Waals surface area contributed by atoms with Gasteiger partial charge in [-0.25, -0.2) is 9.78 Å². The lowest BCUT2D eigenvalue weighted by Crippen LogP contribution is -1.97. The zero-order chi connectivity index (χ0) is 12.3. The molecule has 1 aromatic carbocycles. The van der Waals surface area contributed by atoms with Gasteiger partial charge in [-0.05, 0) is 17.7 Å². The zero-order valence-electron chi connectivity index (χ0n) is 9.33. The maximum absolute atomic E-state index is 10.8. The van der Waals surface area contributed by atoms with Crippen LogP contribution in [0.1, 0.15) is 15.9 Å². The van der Waals surface area contributed by atoms with Crippen molar-refractivity contribution in [2.24, 2.45) is 7.05 Å². The minimum atomic E-state index is -0.895. The lowest BCUT2D eigenvalue weighted by atomic mass is 10.1. The molecular formula is C12H12N2O2S. The third-order valence-corrected chi connectivity index (χ3v) is 3.45. The van der Waals surface area contributed by atoms with E-state index in [4.69, 9.17) is 5.11 Å². The summed E-state index contributed by atoms with van der Waals surface area (Å²) in [5.74, 6) is -0.180. The topological polar surface area (TPSA) is 55.1 Å². The number of nitrogens with zero attached hydrogens (tertiary/aromatic N) is 2. The first-order valence-corrected chi connectivity index (χ1v) is 6.08. The number of benzene rings is 1. The maximum atomic E-state index is 10.8. The number of aromatic carboxylic acids is 1. The lowest BCUT2D eigenvalue weighted by Gasteiger charge is -2.03. The van der Waals surface area contributed by atoms with Crippen molar-refractivity contribution in [3.05, 3.63) is 47.8 Å². The van der Waals surface area contributed by atoms with Gasteiger partial charge in [0.05, 0.1) is 5.56 Å². The largest absolute Gasteiger partial charge is 0.478 e. The van der Waals surface area contributed by atoms with Crippen LogP contribution in [0.5, 0.6) is 0 Å². The Morgan fingerprint density at radius 3 is 3.00 bits per heavy atom. The highest BCUT2D eigenvalue weighted by Crippen LogP contribution is 2.20. The van der Waals surface area contributed by atoms with Gasteiger partial charge in [0, 0.05) is 25.2 Å². The van der Waals surface area contributed by atoms with Crippen molar-refractivity contribution >= 4 is 17.7 Å². The Labute approximate surface area is 103 Å². The van der Waals surface area contributed by atoms with Crippen LogP contribution in [-0.4, -0.2) is 20.6 Å². The molecule has 0 bridgehead atoms. The van der Waals surface area contributed by atoms with Crippen molar-refractivity contribution < 1.29 is 9.90 Å². The van der Waals surface area contributed by atoms with Gasteiger partial charge in [0.15, 0.2) is 5.16 Å². The van der Waals surface area contributed by atoms with E-state index in [9.17, 15) is 4.79 Å². The number of rotatable bonds is 4. The molecule has 0 saturated carbocycles. The highest BCUT2D eigenvalue weighted by molar-refractivity contribution is 7.98. The standard InChI is InChI=1S/C12H12N2O2S/c1-14-6-5-13-12(14)17-8-9-3-2-4-10(7-9)11(15)16/h2-7H,8H2,1H3,(H,15,16). The maximum Gasteiger partial charge on any atom is 0.335 e. The summed E-state index contributed by atoms with van der Waals surface area (Å²) in [5.41, 5.74) is 1.31. The van der Waals surface area contributed by atoms with Crippen LogP contribution in [0.4, 0.5) is 0 Å². The Morgan fingerprint density at radius 2 is 2.35 bits per heavy atom. The second kappa shape index (κ2) is 5.05. The molecule has 1 heterocycles. The van der Waals surface area contributed by atoms with Crippen LogP contribution in [0.15, 0.2) is 41.8 Å². The van der Waals surface area contributed by atoms with Crippen LogP contribution < -0.4 is 0 Å². The van der Waals surface area contributed by atoms with Gasteiger partial charge in [-0.2, -0.15) is 0 Å². The minimum Gasteiger partial charge on any atom is -0.478 e. The molecule has 1 aromatic heterocycles. The van der Waals surface area contributed by atoms with E-state index >= 15 is 0 Å². The number of imidazole rings is 1. The SMILES string of the molecule is Cn1ccnc1SCc1cccc(C(=O)O)c1. The summed E-state index contributed by atoms with van der Waals surface area (Å²) in [7, 11) is 1.93. The molecule has 0 atom stereocenters. The van der Waals surface area contributed by atoms with E-state index in [1.807, 2.05) is 23.9 Å². The monoisotopic (exact) mass is 248 g/mol. The molecule has 0 fully saturated rings. The lowest BCUT2D eigenvalue weighted by molar-refractivity contribution is 0.0697. The van der Waals surface area contributed by atoms with Crippen molar-refractivity contribution in [1.82, 2.24) is 9.55 Å². The number of carbonyl (C=O) groups is 1. The molecule has 5 heteroatoms. The molecule has 0 aliphatic rings. The zero-order valence-corrected chi connectivity index (χ0v) is 10.1. The molecule has 4 nitrogen and oxygen atoms in total. The van der Waals surface area contributed by atoms with Crippen molar-refractivity contribution in [3.63, 3.8) is 0 Å². The predicted molar refractivity (Wildman–Crippen MR) is 66.2 cm³/mol. The third kappa shape index (κ3) is 2.88. The minimum absolute atomic E-state index is 0.322. The second-order valence-corrected chi connectivity index (χ2v) is 4.56. The van der Waals surface area contributed by atoms with Gasteiger partial charge in [-0.1, -0.05) is 23.9 Å². The van der Waals surface area contributed by atoms with Crippen LogP contribution in [0.2, 0.25) is 0 Å². The fourth-order valence-electron chi connectivity index (χ4n) is 1.43. The number of carboxylic acid groups (broad SMARTS) is 1. The molecule has 0 spiro atoms. The molecule has 2 aromatic rings. The van der Waals surface area contributed by atoms with Crippen molar-refractivity contribution in [1.29, 1.82) is 0 Å². The highest BCUT2D eigenvalue weighted by Gasteiger charge is 2.05. The van der Waals surface area contributed by atoms with Crippen molar-refractivity contribution in [2.45, 2.75) is 10.9 Å². The van der Waals surface area contributed by atoms with E-state index in [-0.39, 0.29) is 0 Å². The van der Waals surface area contributed by atoms with E-state index in [2.05, 4.69) is 4.98 Å². The van der Waals surface area contributed by atoms with Gasteiger partial charge >= 0.3 is 5.97 Å². The number of thioether (sulfide) groups is 1. The van der Waals surface area contributed by atoms with Gasteiger partial charge in [-0.3, -0.25) is 0 Å². The Bertz CT molecular complexity index is 537. The number of aromatic nitrogens is 2. The predicted octanol–water partition coefficient (Wildman–Crippen LogP) is 2.41. The Kier molecular flexibility index (Phi) is 3.49. The summed E-state index contributed by atoms with van der Waals surface area (Å²) >= 11 is 1.59. The summed E-state index contributed by atoms with van der Waals surface area (Å²) in [5, 5.41) is 9.80. The van der Waals surface area contributed by atoms with Gasteiger partial charge in [0.2, 0.25) is 0 Å². The van der Waals surface area contributed by atoms with E-state index in [1.165, 1.54) is 0 Å². The van der Waals surface area contributed by atoms with Gasteiger partial charge in [0.1, 0.15) is 0 Å². The molecule has 17 heavy (non-hydrogen) atoms. The fraction of sp³-hybridized carbons (Fsp3) is 0.167. The molecule has 0 unspecified atom stereocenters. The quantitative estimate of drug-likeness (QED) is 0.844.